The van der Waals surface area contributed by atoms with E-state index in [1.807, 2.05) is 42.5 Å². The van der Waals surface area contributed by atoms with Crippen LogP contribution in [0.3, 0.4) is 0 Å². The minimum absolute atomic E-state index is 0.580. The van der Waals surface area contributed by atoms with Crippen molar-refractivity contribution in [2.45, 2.75) is 0 Å². The lowest BCUT2D eigenvalue weighted by atomic mass is 10.0. The molecule has 0 spiro atoms. The molecule has 24 heavy (non-hydrogen) atoms. The van der Waals surface area contributed by atoms with Crippen LogP contribution >= 0.6 is 0 Å². The maximum atomic E-state index is 5.57. The van der Waals surface area contributed by atoms with E-state index in [1.165, 1.54) is 0 Å². The molecule has 0 saturated carbocycles. The fourth-order valence-electron chi connectivity index (χ4n) is 3.22. The molecule has 0 bridgehead atoms. The summed E-state index contributed by atoms with van der Waals surface area (Å²) in [5.41, 5.74) is 5.49. The summed E-state index contributed by atoms with van der Waals surface area (Å²) in [5, 5.41) is 5.30. The molecular formula is C19H16N2O3. The van der Waals surface area contributed by atoms with E-state index in [4.69, 9.17) is 14.3 Å². The molecule has 0 fully saturated rings. The predicted molar refractivity (Wildman–Crippen MR) is 92.9 cm³/mol. The minimum Gasteiger partial charge on any atom is -0.497 e. The third-order valence-electron chi connectivity index (χ3n) is 4.22. The highest BCUT2D eigenvalue weighted by Crippen LogP contribution is 2.46. The average Bonchev–Trinajstić information content (AvgIpc) is 2.95. The number of hydrogen-bond donors (Lipinski definition) is 0. The highest BCUT2D eigenvalue weighted by molar-refractivity contribution is 6.30. The number of fused-ring (bicyclic) bond motifs is 5. The quantitative estimate of drug-likeness (QED) is 0.541. The summed E-state index contributed by atoms with van der Waals surface area (Å²) >= 11 is 0. The Morgan fingerprint density at radius 1 is 0.875 bits per heavy atom. The van der Waals surface area contributed by atoms with Gasteiger partial charge in [0.25, 0.3) is 0 Å². The summed E-state index contributed by atoms with van der Waals surface area (Å²) in [4.78, 5) is 9.77. The molecule has 0 radical (unpaired) electrons. The molecule has 4 rings (SSSR count). The molecule has 5 heteroatoms. The van der Waals surface area contributed by atoms with Crippen LogP contribution in [-0.2, 0) is 4.84 Å². The molecule has 1 aliphatic rings. The fourth-order valence-corrected chi connectivity index (χ4v) is 3.22. The van der Waals surface area contributed by atoms with E-state index in [0.717, 1.165) is 44.6 Å². The Morgan fingerprint density at radius 3 is 2.46 bits per heavy atom. The Bertz CT molecular complexity index is 980. The lowest BCUT2D eigenvalue weighted by Gasteiger charge is -2.10. The summed E-state index contributed by atoms with van der Waals surface area (Å²) in [7, 11) is 4.83. The monoisotopic (exact) mass is 320 g/mol. The van der Waals surface area contributed by atoms with Crippen LogP contribution in [0.5, 0.6) is 11.6 Å². The Morgan fingerprint density at radius 2 is 1.71 bits per heavy atom. The van der Waals surface area contributed by atoms with Crippen LogP contribution in [0, 0.1) is 0 Å². The number of pyridine rings is 1. The number of benzene rings is 2. The van der Waals surface area contributed by atoms with E-state index < -0.39 is 0 Å². The zero-order valence-corrected chi connectivity index (χ0v) is 13.7. The third-order valence-corrected chi connectivity index (χ3v) is 4.22. The number of aromatic nitrogens is 1. The Labute approximate surface area is 139 Å². The van der Waals surface area contributed by atoms with Gasteiger partial charge in [-0.25, -0.2) is 4.98 Å². The molecule has 120 valence electrons. The summed E-state index contributed by atoms with van der Waals surface area (Å²) in [5.74, 6) is 1.35. The molecule has 2 aromatic carbocycles. The number of ether oxygens (including phenoxy) is 2. The molecule has 0 amide bonds. The van der Waals surface area contributed by atoms with Crippen LogP contribution < -0.4 is 9.47 Å². The third kappa shape index (κ3) is 1.94. The Kier molecular flexibility index (Phi) is 3.34. The number of para-hydroxylation sites is 1. The van der Waals surface area contributed by atoms with Gasteiger partial charge in [-0.05, 0) is 29.8 Å². The largest absolute Gasteiger partial charge is 0.497 e. The van der Waals surface area contributed by atoms with Gasteiger partial charge in [-0.1, -0.05) is 23.4 Å². The van der Waals surface area contributed by atoms with Crippen molar-refractivity contribution in [2.75, 3.05) is 21.3 Å². The summed E-state index contributed by atoms with van der Waals surface area (Å²) in [6.45, 7) is 0. The second kappa shape index (κ2) is 5.53. The van der Waals surface area contributed by atoms with Gasteiger partial charge in [-0.15, -0.1) is 0 Å². The van der Waals surface area contributed by atoms with E-state index >= 15 is 0 Å². The normalized spacial score (nSPS) is 13.7. The maximum Gasteiger partial charge on any atom is 0.222 e. The molecule has 0 aliphatic heterocycles. The van der Waals surface area contributed by atoms with Gasteiger partial charge in [0, 0.05) is 16.5 Å². The van der Waals surface area contributed by atoms with Gasteiger partial charge in [0.15, 0.2) is 0 Å². The molecule has 1 aliphatic carbocycles. The Balaban J connectivity index is 2.15. The van der Waals surface area contributed by atoms with Gasteiger partial charge in [-0.3, -0.25) is 0 Å². The van der Waals surface area contributed by atoms with Crippen LogP contribution in [0.1, 0.15) is 11.1 Å². The maximum absolute atomic E-state index is 5.57. The van der Waals surface area contributed by atoms with Crippen molar-refractivity contribution >= 4 is 16.6 Å². The van der Waals surface area contributed by atoms with Crippen molar-refractivity contribution in [3.63, 3.8) is 0 Å². The first kappa shape index (κ1) is 14.5. The SMILES string of the molecule is CO/N=C1/c2cc(OC)ccc2-c2c(OC)nc3ccccc3c21. The first-order valence-electron chi connectivity index (χ1n) is 7.55. The minimum atomic E-state index is 0.580. The summed E-state index contributed by atoms with van der Waals surface area (Å²) < 4.78 is 10.9. The molecule has 1 aromatic heterocycles. The van der Waals surface area contributed by atoms with Crippen molar-refractivity contribution in [3.05, 3.63) is 53.6 Å². The summed E-state index contributed by atoms with van der Waals surface area (Å²) in [6.07, 6.45) is 0. The van der Waals surface area contributed by atoms with Gasteiger partial charge in [0.1, 0.15) is 18.6 Å². The number of nitrogens with zero attached hydrogens (tertiary/aromatic N) is 2. The van der Waals surface area contributed by atoms with Crippen LogP contribution in [-0.4, -0.2) is 32.0 Å². The molecule has 0 unspecified atom stereocenters. The summed E-state index contributed by atoms with van der Waals surface area (Å²) in [6, 6.07) is 13.8. The number of methoxy groups -OCH3 is 2. The van der Waals surface area contributed by atoms with E-state index in [0.29, 0.717) is 5.88 Å². The molecule has 0 saturated heterocycles. The van der Waals surface area contributed by atoms with Crippen molar-refractivity contribution in [2.24, 2.45) is 5.16 Å². The van der Waals surface area contributed by atoms with E-state index in [-0.39, 0.29) is 0 Å². The molecule has 5 nitrogen and oxygen atoms in total. The number of rotatable bonds is 3. The molecule has 1 heterocycles. The van der Waals surface area contributed by atoms with E-state index in [9.17, 15) is 0 Å². The Hall–Kier alpha value is -3.08. The zero-order chi connectivity index (χ0) is 16.7. The fraction of sp³-hybridized carbons (Fsp3) is 0.158. The lowest BCUT2D eigenvalue weighted by Crippen LogP contribution is -2.02. The van der Waals surface area contributed by atoms with E-state index in [2.05, 4.69) is 10.1 Å². The van der Waals surface area contributed by atoms with Crippen molar-refractivity contribution in [1.29, 1.82) is 0 Å². The second-order valence-corrected chi connectivity index (χ2v) is 5.42. The van der Waals surface area contributed by atoms with Crippen LogP contribution in [0.15, 0.2) is 47.6 Å². The smallest absolute Gasteiger partial charge is 0.222 e. The van der Waals surface area contributed by atoms with Gasteiger partial charge in [0.05, 0.1) is 25.3 Å². The first-order valence-corrected chi connectivity index (χ1v) is 7.55. The van der Waals surface area contributed by atoms with Gasteiger partial charge >= 0.3 is 0 Å². The van der Waals surface area contributed by atoms with E-state index in [1.54, 1.807) is 21.3 Å². The zero-order valence-electron chi connectivity index (χ0n) is 13.7. The number of oxime groups is 1. The standard InChI is InChI=1S/C19H16N2O3/c1-22-11-8-9-12-14(10-11)18(21-24-3)16-13-6-4-5-7-15(13)20-19(23-2)17(12)16/h4-10H,1-3H3/b21-18-. The van der Waals surface area contributed by atoms with Crippen LogP contribution in [0.25, 0.3) is 22.0 Å². The van der Waals surface area contributed by atoms with Crippen LogP contribution in [0.2, 0.25) is 0 Å². The number of hydrogen-bond acceptors (Lipinski definition) is 5. The van der Waals surface area contributed by atoms with Gasteiger partial charge in [0.2, 0.25) is 5.88 Å². The average molecular weight is 320 g/mol. The van der Waals surface area contributed by atoms with Gasteiger partial charge in [-0.2, -0.15) is 0 Å². The highest BCUT2D eigenvalue weighted by Gasteiger charge is 2.32. The van der Waals surface area contributed by atoms with Crippen molar-refractivity contribution < 1.29 is 14.3 Å². The molecule has 0 atom stereocenters. The molecule has 0 N–H and O–H groups in total. The van der Waals surface area contributed by atoms with Crippen molar-refractivity contribution in [1.82, 2.24) is 4.98 Å². The highest BCUT2D eigenvalue weighted by atomic mass is 16.6. The predicted octanol–water partition coefficient (Wildman–Crippen LogP) is 3.63. The first-order chi connectivity index (χ1) is 11.8. The molecule has 3 aromatic rings. The van der Waals surface area contributed by atoms with Crippen molar-refractivity contribution in [3.8, 4) is 22.8 Å². The second-order valence-electron chi connectivity index (χ2n) is 5.42. The van der Waals surface area contributed by atoms with Gasteiger partial charge < -0.3 is 14.3 Å². The topological polar surface area (TPSA) is 52.9 Å². The molecular weight excluding hydrogens is 304 g/mol. The van der Waals surface area contributed by atoms with Crippen LogP contribution in [0.4, 0.5) is 0 Å². The lowest BCUT2D eigenvalue weighted by molar-refractivity contribution is 0.214.